The van der Waals surface area contributed by atoms with Crippen molar-refractivity contribution in [2.24, 2.45) is 5.92 Å². The topological polar surface area (TPSA) is 16.1 Å². The first-order chi connectivity index (χ1) is 8.52. The summed E-state index contributed by atoms with van der Waals surface area (Å²) in [6.45, 7) is 9.78. The molecule has 0 unspecified atom stereocenters. The van der Waals surface area contributed by atoms with Gasteiger partial charge in [0.25, 0.3) is 0 Å². The second-order valence-electron chi connectivity index (χ2n) is 5.71. The fraction of sp³-hybridized carbons (Fsp3) is 0.667. The molecule has 0 amide bonds. The van der Waals surface area contributed by atoms with Crippen LogP contribution in [0.1, 0.15) is 43.5 Å². The quantitative estimate of drug-likeness (QED) is 0.747. The predicted molar refractivity (Wildman–Crippen MR) is 78.5 cm³/mol. The molecule has 1 heterocycles. The molecule has 1 aliphatic carbocycles. The molecule has 0 spiro atoms. The Kier molecular flexibility index (Phi) is 4.16. The lowest BCUT2D eigenvalue weighted by molar-refractivity contribution is 0.633. The molecule has 18 heavy (non-hydrogen) atoms. The summed E-state index contributed by atoms with van der Waals surface area (Å²) in [5, 5.41) is 0. The van der Waals surface area contributed by atoms with Crippen LogP contribution < -0.4 is 4.90 Å². The first kappa shape index (κ1) is 13.7. The molecule has 0 aromatic carbocycles. The number of aromatic nitrogens is 1. The van der Waals surface area contributed by atoms with Gasteiger partial charge in [0.05, 0.1) is 5.88 Å². The van der Waals surface area contributed by atoms with Crippen LogP contribution in [-0.2, 0) is 5.88 Å². The highest BCUT2D eigenvalue weighted by Crippen LogP contribution is 2.34. The van der Waals surface area contributed by atoms with Crippen molar-refractivity contribution in [2.45, 2.75) is 52.5 Å². The molecule has 2 rings (SSSR count). The molecule has 1 aromatic rings. The summed E-state index contributed by atoms with van der Waals surface area (Å²) in [4.78, 5) is 7.17. The summed E-state index contributed by atoms with van der Waals surface area (Å²) in [6, 6.07) is 2.60. The molecule has 1 aliphatic rings. The van der Waals surface area contributed by atoms with Crippen LogP contribution in [0.3, 0.4) is 0 Å². The summed E-state index contributed by atoms with van der Waals surface area (Å²) in [7, 11) is 0. The van der Waals surface area contributed by atoms with Gasteiger partial charge in [0.2, 0.25) is 0 Å². The number of halogens is 1. The second kappa shape index (κ2) is 5.48. The van der Waals surface area contributed by atoms with E-state index in [1.807, 2.05) is 0 Å². The molecule has 2 nitrogen and oxygen atoms in total. The highest BCUT2D eigenvalue weighted by atomic mass is 35.5. The van der Waals surface area contributed by atoms with Crippen LogP contribution in [0.25, 0.3) is 0 Å². The van der Waals surface area contributed by atoms with Crippen molar-refractivity contribution in [3.63, 3.8) is 0 Å². The van der Waals surface area contributed by atoms with Crippen LogP contribution in [0.15, 0.2) is 6.07 Å². The van der Waals surface area contributed by atoms with Crippen LogP contribution in [0.2, 0.25) is 0 Å². The highest BCUT2D eigenvalue weighted by molar-refractivity contribution is 6.17. The van der Waals surface area contributed by atoms with E-state index in [9.17, 15) is 0 Å². The van der Waals surface area contributed by atoms with E-state index in [1.165, 1.54) is 24.0 Å². The van der Waals surface area contributed by atoms with Crippen molar-refractivity contribution >= 4 is 17.4 Å². The molecule has 1 fully saturated rings. The second-order valence-corrected chi connectivity index (χ2v) is 5.97. The number of hydrogen-bond acceptors (Lipinski definition) is 2. The van der Waals surface area contributed by atoms with E-state index in [0.29, 0.717) is 11.9 Å². The molecule has 0 N–H and O–H groups in total. The fourth-order valence-electron chi connectivity index (χ4n) is 2.37. The van der Waals surface area contributed by atoms with Crippen molar-refractivity contribution in [1.82, 2.24) is 4.98 Å². The van der Waals surface area contributed by atoms with Crippen molar-refractivity contribution in [3.05, 3.63) is 22.9 Å². The zero-order valence-electron chi connectivity index (χ0n) is 11.8. The van der Waals surface area contributed by atoms with Gasteiger partial charge < -0.3 is 4.90 Å². The van der Waals surface area contributed by atoms with E-state index in [1.54, 1.807) is 0 Å². The number of nitrogens with zero attached hydrogens (tertiary/aromatic N) is 2. The lowest BCUT2D eigenvalue weighted by Gasteiger charge is -2.30. The molecule has 0 atom stereocenters. The number of rotatable bonds is 5. The number of pyridine rings is 1. The summed E-state index contributed by atoms with van der Waals surface area (Å²) < 4.78 is 0. The Morgan fingerprint density at radius 3 is 2.56 bits per heavy atom. The molecule has 0 saturated heterocycles. The molecular weight excluding hydrogens is 244 g/mol. The van der Waals surface area contributed by atoms with Crippen LogP contribution in [0.4, 0.5) is 5.82 Å². The van der Waals surface area contributed by atoms with Gasteiger partial charge >= 0.3 is 0 Å². The SMILES string of the molecule is Cc1cc(C)c(CCl)c(N(CC2CC2)C(C)C)n1. The molecule has 0 aliphatic heterocycles. The Hall–Kier alpha value is -0.760. The number of alkyl halides is 1. The molecule has 100 valence electrons. The Labute approximate surface area is 115 Å². The van der Waals surface area contributed by atoms with Crippen LogP contribution in [0, 0.1) is 19.8 Å². The van der Waals surface area contributed by atoms with E-state index < -0.39 is 0 Å². The Morgan fingerprint density at radius 2 is 2.06 bits per heavy atom. The number of anilines is 1. The molecular formula is C15H23ClN2. The molecule has 1 aromatic heterocycles. The smallest absolute Gasteiger partial charge is 0.133 e. The van der Waals surface area contributed by atoms with E-state index in [0.717, 1.165) is 24.0 Å². The number of hydrogen-bond donors (Lipinski definition) is 0. The van der Waals surface area contributed by atoms with E-state index in [-0.39, 0.29) is 0 Å². The third kappa shape index (κ3) is 2.97. The lowest BCUT2D eigenvalue weighted by atomic mass is 10.1. The van der Waals surface area contributed by atoms with Crippen molar-refractivity contribution in [2.75, 3.05) is 11.4 Å². The largest absolute Gasteiger partial charge is 0.354 e. The average Bonchev–Trinajstić information content (AvgIpc) is 3.08. The van der Waals surface area contributed by atoms with Gasteiger partial charge in [-0.2, -0.15) is 0 Å². The van der Waals surface area contributed by atoms with Crippen molar-refractivity contribution in [1.29, 1.82) is 0 Å². The van der Waals surface area contributed by atoms with Gasteiger partial charge in [0, 0.05) is 23.8 Å². The van der Waals surface area contributed by atoms with Crippen LogP contribution in [-0.4, -0.2) is 17.6 Å². The van der Waals surface area contributed by atoms with Crippen LogP contribution in [0.5, 0.6) is 0 Å². The monoisotopic (exact) mass is 266 g/mol. The standard InChI is InChI=1S/C15H23ClN2/c1-10(2)18(9-13-5-6-13)15-14(8-16)11(3)7-12(4)17-15/h7,10,13H,5-6,8-9H2,1-4H3. The van der Waals surface area contributed by atoms with Gasteiger partial charge in [-0.15, -0.1) is 11.6 Å². The Morgan fingerprint density at radius 1 is 1.39 bits per heavy atom. The third-order valence-electron chi connectivity index (χ3n) is 3.63. The molecule has 0 radical (unpaired) electrons. The van der Waals surface area contributed by atoms with E-state index >= 15 is 0 Å². The van der Waals surface area contributed by atoms with Gasteiger partial charge in [-0.1, -0.05) is 0 Å². The third-order valence-corrected chi connectivity index (χ3v) is 3.90. The minimum Gasteiger partial charge on any atom is -0.354 e. The number of aryl methyl sites for hydroxylation is 2. The summed E-state index contributed by atoms with van der Waals surface area (Å²) in [5.41, 5.74) is 3.53. The first-order valence-corrected chi connectivity index (χ1v) is 7.36. The molecule has 1 saturated carbocycles. The molecule has 0 bridgehead atoms. The average molecular weight is 267 g/mol. The maximum Gasteiger partial charge on any atom is 0.133 e. The van der Waals surface area contributed by atoms with Crippen molar-refractivity contribution in [3.8, 4) is 0 Å². The van der Waals surface area contributed by atoms with Gasteiger partial charge in [-0.25, -0.2) is 4.98 Å². The van der Waals surface area contributed by atoms with Gasteiger partial charge in [0.15, 0.2) is 0 Å². The minimum atomic E-state index is 0.473. The normalized spacial score (nSPS) is 15.2. The Bertz CT molecular complexity index is 425. The minimum absolute atomic E-state index is 0.473. The van der Waals surface area contributed by atoms with Crippen molar-refractivity contribution < 1.29 is 0 Å². The van der Waals surface area contributed by atoms with E-state index in [4.69, 9.17) is 16.6 Å². The zero-order valence-corrected chi connectivity index (χ0v) is 12.6. The summed E-state index contributed by atoms with van der Waals surface area (Å²) in [6.07, 6.45) is 2.73. The predicted octanol–water partition coefficient (Wildman–Crippen LogP) is 4.06. The fourth-order valence-corrected chi connectivity index (χ4v) is 2.70. The maximum absolute atomic E-state index is 6.12. The van der Waals surface area contributed by atoms with Crippen LogP contribution >= 0.6 is 11.6 Å². The van der Waals surface area contributed by atoms with Gasteiger partial charge in [-0.3, -0.25) is 0 Å². The lowest BCUT2D eigenvalue weighted by Crippen LogP contribution is -2.34. The maximum atomic E-state index is 6.12. The Balaban J connectivity index is 2.37. The molecule has 3 heteroatoms. The summed E-state index contributed by atoms with van der Waals surface area (Å²) >= 11 is 6.12. The highest BCUT2D eigenvalue weighted by Gasteiger charge is 2.27. The zero-order chi connectivity index (χ0) is 13.3. The first-order valence-electron chi connectivity index (χ1n) is 6.82. The van der Waals surface area contributed by atoms with Gasteiger partial charge in [0.1, 0.15) is 5.82 Å². The summed E-state index contributed by atoms with van der Waals surface area (Å²) in [5.74, 6) is 2.50. The van der Waals surface area contributed by atoms with E-state index in [2.05, 4.69) is 38.7 Å². The van der Waals surface area contributed by atoms with Gasteiger partial charge in [-0.05, 0) is 58.1 Å².